The molecule has 1 fully saturated rings. The van der Waals surface area contributed by atoms with Crippen LogP contribution in [0.4, 0.5) is 26.3 Å². The van der Waals surface area contributed by atoms with E-state index in [1.807, 2.05) is 4.90 Å². The van der Waals surface area contributed by atoms with E-state index in [2.05, 4.69) is 0 Å². The molecule has 0 aliphatic carbocycles. The summed E-state index contributed by atoms with van der Waals surface area (Å²) >= 11 is 0. The molecule has 1 aliphatic rings. The van der Waals surface area contributed by atoms with Crippen LogP contribution in [-0.4, -0.2) is 31.1 Å². The number of likely N-dealkylation sites (tertiary alicyclic amines) is 1. The molecule has 3 nitrogen and oxygen atoms in total. The molecule has 1 heterocycles. The summed E-state index contributed by atoms with van der Waals surface area (Å²) in [5, 5.41) is 0. The van der Waals surface area contributed by atoms with Gasteiger partial charge in [-0.05, 0) is 53.6 Å². The van der Waals surface area contributed by atoms with Crippen LogP contribution in [0.1, 0.15) is 41.5 Å². The largest absolute Gasteiger partial charge is 0.469 e. The Balaban J connectivity index is 1.81. The molecule has 1 saturated heterocycles. The van der Waals surface area contributed by atoms with Crippen molar-refractivity contribution in [3.8, 4) is 0 Å². The molecule has 0 bridgehead atoms. The lowest BCUT2D eigenvalue weighted by atomic mass is 9.78. The van der Waals surface area contributed by atoms with Crippen molar-refractivity contribution in [2.75, 3.05) is 20.2 Å². The number of carbonyl (C=O) groups excluding carboxylic acids is 1. The molecule has 0 aromatic heterocycles. The number of hydrogen-bond acceptors (Lipinski definition) is 3. The van der Waals surface area contributed by atoms with Crippen LogP contribution in [0.2, 0.25) is 0 Å². The minimum absolute atomic E-state index is 0.118. The maximum Gasteiger partial charge on any atom is 0.416 e. The van der Waals surface area contributed by atoms with Crippen LogP contribution in [0.3, 0.4) is 0 Å². The van der Waals surface area contributed by atoms with Crippen molar-refractivity contribution in [2.24, 2.45) is 11.8 Å². The van der Waals surface area contributed by atoms with Gasteiger partial charge in [0.25, 0.3) is 0 Å². The van der Waals surface area contributed by atoms with Gasteiger partial charge in [0, 0.05) is 19.6 Å². The van der Waals surface area contributed by atoms with E-state index in [1.165, 1.54) is 31.4 Å². The highest BCUT2D eigenvalue weighted by Gasteiger charge is 2.36. The second-order valence-corrected chi connectivity index (χ2v) is 8.51. The van der Waals surface area contributed by atoms with Gasteiger partial charge in [-0.1, -0.05) is 31.2 Å². The molecule has 33 heavy (non-hydrogen) atoms. The van der Waals surface area contributed by atoms with E-state index >= 15 is 0 Å². The van der Waals surface area contributed by atoms with Crippen molar-refractivity contribution in [2.45, 2.75) is 38.2 Å². The summed E-state index contributed by atoms with van der Waals surface area (Å²) < 4.78 is 82.2. The Kier molecular flexibility index (Phi) is 7.41. The van der Waals surface area contributed by atoms with Crippen LogP contribution in [-0.2, 0) is 28.4 Å². The topological polar surface area (TPSA) is 29.5 Å². The number of piperidine rings is 1. The van der Waals surface area contributed by atoms with Crippen molar-refractivity contribution in [3.63, 3.8) is 0 Å². The second kappa shape index (κ2) is 9.75. The van der Waals surface area contributed by atoms with Gasteiger partial charge in [0.2, 0.25) is 0 Å². The Bertz CT molecular complexity index is 937. The molecule has 0 radical (unpaired) electrons. The minimum Gasteiger partial charge on any atom is -0.469 e. The number of rotatable bonds is 5. The maximum absolute atomic E-state index is 12.9. The number of benzene rings is 2. The molecule has 9 heteroatoms. The Hall–Kier alpha value is -2.55. The van der Waals surface area contributed by atoms with Crippen molar-refractivity contribution in [3.05, 3.63) is 70.8 Å². The number of alkyl halides is 6. The molecular formula is C24H25F6NO2. The quantitative estimate of drug-likeness (QED) is 0.386. The Labute approximate surface area is 188 Å². The lowest BCUT2D eigenvalue weighted by Gasteiger charge is -2.40. The molecule has 0 spiro atoms. The van der Waals surface area contributed by atoms with Gasteiger partial charge >= 0.3 is 18.3 Å². The van der Waals surface area contributed by atoms with Crippen molar-refractivity contribution < 1.29 is 35.9 Å². The fourth-order valence-corrected chi connectivity index (χ4v) is 4.35. The summed E-state index contributed by atoms with van der Waals surface area (Å²) in [6.07, 6.45) is -8.26. The lowest BCUT2D eigenvalue weighted by Crippen LogP contribution is -2.43. The average molecular weight is 473 g/mol. The van der Waals surface area contributed by atoms with E-state index in [1.54, 1.807) is 6.92 Å². The number of hydrogen-bond donors (Lipinski definition) is 0. The van der Waals surface area contributed by atoms with Gasteiger partial charge in [-0.2, -0.15) is 26.3 Å². The minimum atomic E-state index is -4.43. The van der Waals surface area contributed by atoms with E-state index in [0.717, 1.165) is 29.8 Å². The summed E-state index contributed by atoms with van der Waals surface area (Å²) in [4.78, 5) is 14.2. The summed E-state index contributed by atoms with van der Waals surface area (Å²) in [6, 6.07) is 9.89. The number of halogens is 6. The van der Waals surface area contributed by atoms with Crippen LogP contribution in [0.5, 0.6) is 0 Å². The van der Waals surface area contributed by atoms with Gasteiger partial charge in [-0.25, -0.2) is 0 Å². The van der Waals surface area contributed by atoms with Gasteiger partial charge in [-0.3, -0.25) is 9.69 Å². The van der Waals surface area contributed by atoms with Crippen molar-refractivity contribution >= 4 is 5.97 Å². The van der Waals surface area contributed by atoms with Crippen LogP contribution in [0.15, 0.2) is 48.5 Å². The van der Waals surface area contributed by atoms with Crippen molar-refractivity contribution in [1.29, 1.82) is 0 Å². The first kappa shape index (κ1) is 25.1. The number of carbonyl (C=O) groups is 1. The fraction of sp³-hybridized carbons (Fsp3) is 0.458. The predicted octanol–water partition coefficient (Wildman–Crippen LogP) is 6.14. The molecular weight excluding hydrogens is 448 g/mol. The number of ether oxygens (including phenoxy) is 1. The predicted molar refractivity (Wildman–Crippen MR) is 110 cm³/mol. The van der Waals surface area contributed by atoms with Gasteiger partial charge in [0.1, 0.15) is 0 Å². The van der Waals surface area contributed by atoms with Crippen LogP contribution in [0.25, 0.3) is 0 Å². The summed E-state index contributed by atoms with van der Waals surface area (Å²) in [5.74, 6) is -1.05. The lowest BCUT2D eigenvalue weighted by molar-refractivity contribution is -0.147. The van der Waals surface area contributed by atoms with E-state index in [4.69, 9.17) is 4.74 Å². The molecule has 2 aromatic rings. The van der Waals surface area contributed by atoms with Gasteiger partial charge < -0.3 is 4.74 Å². The third-order valence-electron chi connectivity index (χ3n) is 6.24. The van der Waals surface area contributed by atoms with E-state index in [-0.39, 0.29) is 17.8 Å². The highest BCUT2D eigenvalue weighted by Crippen LogP contribution is 2.37. The van der Waals surface area contributed by atoms with Crippen LogP contribution < -0.4 is 0 Å². The number of methoxy groups -OCH3 is 1. The first-order valence-corrected chi connectivity index (χ1v) is 10.5. The molecule has 2 aromatic carbocycles. The SMILES string of the molecule is COC(=O)C(C)[C@@H]1C[C@@H](c2ccc(C(F)(F)F)cc2)CN(Cc2ccc(C(F)(F)F)cc2)C1. The third-order valence-corrected chi connectivity index (χ3v) is 6.24. The monoisotopic (exact) mass is 473 g/mol. The third kappa shape index (κ3) is 6.28. The van der Waals surface area contributed by atoms with Crippen molar-refractivity contribution in [1.82, 2.24) is 4.90 Å². The summed E-state index contributed by atoms with van der Waals surface area (Å²) in [7, 11) is 1.30. The molecule has 0 N–H and O–H groups in total. The standard InChI is InChI=1S/C24H25F6NO2/c1-15(22(32)33-2)18-11-19(17-5-9-21(10-6-17)24(28,29)30)14-31(13-18)12-16-3-7-20(8-4-16)23(25,26)27/h3-10,15,18-19H,11-14H2,1-2H3/t15?,18-,19-/m1/s1. The zero-order chi connectivity index (χ0) is 24.4. The highest BCUT2D eigenvalue weighted by molar-refractivity contribution is 5.72. The summed E-state index contributed by atoms with van der Waals surface area (Å²) in [5.41, 5.74) is -0.0596. The normalized spacial score (nSPS) is 21.0. The average Bonchev–Trinajstić information content (AvgIpc) is 2.77. The zero-order valence-corrected chi connectivity index (χ0v) is 18.2. The first-order valence-electron chi connectivity index (χ1n) is 10.5. The van der Waals surface area contributed by atoms with Gasteiger partial charge in [0.05, 0.1) is 24.2 Å². The molecule has 3 atom stereocenters. The zero-order valence-electron chi connectivity index (χ0n) is 18.2. The van der Waals surface area contributed by atoms with E-state index in [9.17, 15) is 31.1 Å². The van der Waals surface area contributed by atoms with Gasteiger partial charge in [-0.15, -0.1) is 0 Å². The Morgan fingerprint density at radius 3 is 1.94 bits per heavy atom. The molecule has 3 rings (SSSR count). The number of esters is 1. The van der Waals surface area contributed by atoms with E-state index in [0.29, 0.717) is 31.6 Å². The Morgan fingerprint density at radius 2 is 1.45 bits per heavy atom. The van der Waals surface area contributed by atoms with Crippen LogP contribution in [0, 0.1) is 11.8 Å². The second-order valence-electron chi connectivity index (χ2n) is 8.51. The first-order chi connectivity index (χ1) is 15.4. The summed E-state index contributed by atoms with van der Waals surface area (Å²) in [6.45, 7) is 3.15. The molecule has 1 unspecified atom stereocenters. The van der Waals surface area contributed by atoms with Gasteiger partial charge in [0.15, 0.2) is 0 Å². The molecule has 1 aliphatic heterocycles. The fourth-order valence-electron chi connectivity index (χ4n) is 4.35. The molecule has 0 amide bonds. The number of nitrogens with zero attached hydrogens (tertiary/aromatic N) is 1. The van der Waals surface area contributed by atoms with Crippen LogP contribution >= 0.6 is 0 Å². The highest BCUT2D eigenvalue weighted by atomic mass is 19.4. The van der Waals surface area contributed by atoms with E-state index < -0.39 is 29.4 Å². The Morgan fingerprint density at radius 1 is 0.939 bits per heavy atom. The maximum atomic E-state index is 12.9. The smallest absolute Gasteiger partial charge is 0.416 e. The molecule has 0 saturated carbocycles. The molecule has 180 valence electrons.